The lowest BCUT2D eigenvalue weighted by Crippen LogP contribution is -2.51. The van der Waals surface area contributed by atoms with Gasteiger partial charge in [-0.15, -0.1) is 5.92 Å². The minimum atomic E-state index is -0.922. The van der Waals surface area contributed by atoms with Gasteiger partial charge in [0.05, 0.1) is 0 Å². The fraction of sp³-hybridized carbons (Fsp3) is 0.567. The fourth-order valence-corrected chi connectivity index (χ4v) is 7.70. The van der Waals surface area contributed by atoms with Crippen molar-refractivity contribution in [1.82, 2.24) is 0 Å². The normalized spacial score (nSPS) is 35.2. The highest BCUT2D eigenvalue weighted by Gasteiger charge is 2.62. The number of hydrogen-bond acceptors (Lipinski definition) is 3. The van der Waals surface area contributed by atoms with E-state index in [1.54, 1.807) is 5.57 Å². The molecular weight excluding hydrogens is 406 g/mol. The van der Waals surface area contributed by atoms with E-state index in [1.165, 1.54) is 28.0 Å². The Kier molecular flexibility index (Phi) is 5.37. The van der Waals surface area contributed by atoms with E-state index in [0.717, 1.165) is 38.5 Å². The summed E-state index contributed by atoms with van der Waals surface area (Å²) in [6.07, 6.45) is 8.22. The molecule has 5 unspecified atom stereocenters. The molecule has 0 bridgehead atoms. The molecule has 2 fully saturated rings. The summed E-state index contributed by atoms with van der Waals surface area (Å²) in [5.74, 6) is 7.75. The second kappa shape index (κ2) is 7.88. The van der Waals surface area contributed by atoms with Crippen LogP contribution in [-0.4, -0.2) is 30.6 Å². The van der Waals surface area contributed by atoms with Crippen LogP contribution in [-0.2, 0) is 4.79 Å². The average Bonchev–Trinajstić information content (AvgIpc) is 3.03. The van der Waals surface area contributed by atoms with Gasteiger partial charge in [-0.25, -0.2) is 0 Å². The van der Waals surface area contributed by atoms with Crippen molar-refractivity contribution in [2.75, 3.05) is 19.0 Å². The topological polar surface area (TPSA) is 40.5 Å². The largest absolute Gasteiger partial charge is 0.377 e. The first-order valence-electron chi connectivity index (χ1n) is 12.6. The molecule has 4 aliphatic carbocycles. The molecule has 0 amide bonds. The van der Waals surface area contributed by atoms with Gasteiger partial charge in [-0.05, 0) is 98.6 Å². The molecule has 0 radical (unpaired) electrons. The standard InChI is InChI=1S/C30H37NO2/c1-6-14-30(33)15-13-26-24-11-9-20-16-22(32)10-12-23(20)28(24)25(18-29(26,30)3)21-8-7-19(2)27(17-21)31(4)5/h7-8,16-17,24-26,33H,9-13,15,18H2,1-5H3. The Labute approximate surface area is 199 Å². The molecule has 3 heteroatoms. The summed E-state index contributed by atoms with van der Waals surface area (Å²) < 4.78 is 0. The number of ketones is 1. The zero-order chi connectivity index (χ0) is 23.5. The molecule has 0 spiro atoms. The zero-order valence-electron chi connectivity index (χ0n) is 20.8. The molecule has 33 heavy (non-hydrogen) atoms. The van der Waals surface area contributed by atoms with Gasteiger partial charge in [0.15, 0.2) is 5.78 Å². The fourth-order valence-electron chi connectivity index (χ4n) is 7.70. The van der Waals surface area contributed by atoms with E-state index >= 15 is 0 Å². The highest BCUT2D eigenvalue weighted by Crippen LogP contribution is 2.66. The number of aliphatic hydroxyl groups is 1. The smallest absolute Gasteiger partial charge is 0.156 e. The van der Waals surface area contributed by atoms with Gasteiger partial charge in [0.2, 0.25) is 0 Å². The molecule has 1 N–H and O–H groups in total. The summed E-state index contributed by atoms with van der Waals surface area (Å²) in [6.45, 7) is 6.32. The predicted octanol–water partition coefficient (Wildman–Crippen LogP) is 5.71. The van der Waals surface area contributed by atoms with Crippen molar-refractivity contribution in [3.05, 3.63) is 52.1 Å². The van der Waals surface area contributed by atoms with Crippen LogP contribution in [0.3, 0.4) is 0 Å². The summed E-state index contributed by atoms with van der Waals surface area (Å²) in [4.78, 5) is 14.4. The van der Waals surface area contributed by atoms with Crippen molar-refractivity contribution in [1.29, 1.82) is 0 Å². The molecule has 0 aromatic heterocycles. The molecule has 0 saturated heterocycles. The van der Waals surface area contributed by atoms with Gasteiger partial charge in [0.1, 0.15) is 5.60 Å². The molecule has 2 saturated carbocycles. The summed E-state index contributed by atoms with van der Waals surface area (Å²) in [7, 11) is 4.21. The van der Waals surface area contributed by atoms with Crippen LogP contribution in [0.5, 0.6) is 0 Å². The van der Waals surface area contributed by atoms with Crippen LogP contribution in [0.1, 0.15) is 75.8 Å². The highest BCUT2D eigenvalue weighted by atomic mass is 16.3. The molecule has 3 nitrogen and oxygen atoms in total. The van der Waals surface area contributed by atoms with Gasteiger partial charge < -0.3 is 10.0 Å². The lowest BCUT2D eigenvalue weighted by Gasteiger charge is -2.53. The van der Waals surface area contributed by atoms with Crippen molar-refractivity contribution in [3.8, 4) is 11.8 Å². The first-order chi connectivity index (χ1) is 15.7. The van der Waals surface area contributed by atoms with Crippen LogP contribution in [0.25, 0.3) is 0 Å². The number of fused-ring (bicyclic) bond motifs is 4. The van der Waals surface area contributed by atoms with Gasteiger partial charge in [-0.1, -0.05) is 30.6 Å². The predicted molar refractivity (Wildman–Crippen MR) is 134 cm³/mol. The molecule has 1 aromatic carbocycles. The van der Waals surface area contributed by atoms with Crippen molar-refractivity contribution in [2.45, 2.75) is 77.2 Å². The Hall–Kier alpha value is -2.31. The quantitative estimate of drug-likeness (QED) is 0.595. The minimum Gasteiger partial charge on any atom is -0.377 e. The number of rotatable bonds is 2. The first-order valence-corrected chi connectivity index (χ1v) is 12.6. The Morgan fingerprint density at radius 2 is 1.94 bits per heavy atom. The third-order valence-corrected chi connectivity index (χ3v) is 9.34. The average molecular weight is 444 g/mol. The Bertz CT molecular complexity index is 1130. The maximum Gasteiger partial charge on any atom is 0.156 e. The van der Waals surface area contributed by atoms with Crippen LogP contribution >= 0.6 is 0 Å². The Morgan fingerprint density at radius 1 is 1.15 bits per heavy atom. The second-order valence-corrected chi connectivity index (χ2v) is 11.2. The summed E-state index contributed by atoms with van der Waals surface area (Å²) in [5, 5.41) is 11.8. The van der Waals surface area contributed by atoms with E-state index in [1.807, 2.05) is 13.0 Å². The van der Waals surface area contributed by atoms with Crippen LogP contribution in [0, 0.1) is 36.0 Å². The van der Waals surface area contributed by atoms with E-state index in [-0.39, 0.29) is 17.1 Å². The van der Waals surface area contributed by atoms with Gasteiger partial charge in [0.25, 0.3) is 0 Å². The second-order valence-electron chi connectivity index (χ2n) is 11.2. The van der Waals surface area contributed by atoms with Crippen molar-refractivity contribution < 1.29 is 9.90 Å². The molecule has 5 atom stereocenters. The zero-order valence-corrected chi connectivity index (χ0v) is 20.8. The van der Waals surface area contributed by atoms with Crippen LogP contribution in [0.4, 0.5) is 5.69 Å². The summed E-state index contributed by atoms with van der Waals surface area (Å²) >= 11 is 0. The van der Waals surface area contributed by atoms with Gasteiger partial charge >= 0.3 is 0 Å². The summed E-state index contributed by atoms with van der Waals surface area (Å²) in [5.41, 5.74) is 7.04. The number of aryl methyl sites for hydroxylation is 1. The maximum absolute atomic E-state index is 12.2. The van der Waals surface area contributed by atoms with Crippen molar-refractivity contribution in [2.24, 2.45) is 17.3 Å². The molecule has 0 aliphatic heterocycles. The minimum absolute atomic E-state index is 0.232. The maximum atomic E-state index is 12.2. The molecule has 5 rings (SSSR count). The SMILES string of the molecule is CC#CC1(O)CCC2C3CCC4=CC(=O)CCC4=C3C(c3ccc(C)c(N(C)C)c3)CC21C. The number of carbonyl (C=O) groups excluding carboxylic acids is 1. The van der Waals surface area contributed by atoms with Crippen LogP contribution < -0.4 is 4.90 Å². The van der Waals surface area contributed by atoms with Gasteiger partial charge in [-0.3, -0.25) is 4.79 Å². The van der Waals surface area contributed by atoms with E-state index < -0.39 is 5.60 Å². The molecule has 4 aliphatic rings. The van der Waals surface area contributed by atoms with Crippen molar-refractivity contribution in [3.63, 3.8) is 0 Å². The number of hydrogen-bond donors (Lipinski definition) is 1. The molecule has 1 aromatic rings. The van der Waals surface area contributed by atoms with E-state index in [9.17, 15) is 9.90 Å². The monoisotopic (exact) mass is 443 g/mol. The first kappa shape index (κ1) is 22.5. The lowest BCUT2D eigenvalue weighted by atomic mass is 9.51. The van der Waals surface area contributed by atoms with Gasteiger partial charge in [0, 0.05) is 37.5 Å². The van der Waals surface area contributed by atoms with Gasteiger partial charge in [-0.2, -0.15) is 0 Å². The lowest BCUT2D eigenvalue weighted by molar-refractivity contribution is -0.114. The van der Waals surface area contributed by atoms with E-state index in [0.29, 0.717) is 18.3 Å². The number of nitrogens with zero attached hydrogens (tertiary/aromatic N) is 1. The molecular formula is C30H37NO2. The Morgan fingerprint density at radius 3 is 2.67 bits per heavy atom. The number of anilines is 1. The number of benzene rings is 1. The van der Waals surface area contributed by atoms with Crippen LogP contribution in [0.15, 0.2) is 41.0 Å². The van der Waals surface area contributed by atoms with E-state index in [4.69, 9.17) is 0 Å². The third-order valence-electron chi connectivity index (χ3n) is 9.34. The Balaban J connectivity index is 1.71. The van der Waals surface area contributed by atoms with Crippen molar-refractivity contribution >= 4 is 11.5 Å². The summed E-state index contributed by atoms with van der Waals surface area (Å²) in [6, 6.07) is 6.91. The third kappa shape index (κ3) is 3.33. The number of allylic oxidation sites excluding steroid dienone is 4. The molecule has 174 valence electrons. The van der Waals surface area contributed by atoms with Crippen LogP contribution in [0.2, 0.25) is 0 Å². The highest BCUT2D eigenvalue weighted by molar-refractivity contribution is 5.93. The number of carbonyl (C=O) groups is 1. The molecule has 0 heterocycles. The van der Waals surface area contributed by atoms with E-state index in [2.05, 4.69) is 62.9 Å².